The second kappa shape index (κ2) is 6.28. The number of hydrogen-bond acceptors (Lipinski definition) is 2. The molecule has 0 saturated heterocycles. The third kappa shape index (κ3) is 3.08. The Balaban J connectivity index is 2.16. The van der Waals surface area contributed by atoms with Crippen LogP contribution in [-0.2, 0) is 6.54 Å². The van der Waals surface area contributed by atoms with Crippen LogP contribution in [0.4, 0.5) is 0 Å². The minimum atomic E-state index is 0.529. The van der Waals surface area contributed by atoms with Crippen molar-refractivity contribution in [3.8, 4) is 11.3 Å². The van der Waals surface area contributed by atoms with Gasteiger partial charge in [0.25, 0.3) is 0 Å². The molecule has 0 aliphatic carbocycles. The largest absolute Gasteiger partial charge is 0.460 e. The van der Waals surface area contributed by atoms with Gasteiger partial charge in [0.2, 0.25) is 0 Å². The van der Waals surface area contributed by atoms with Crippen molar-refractivity contribution in [2.45, 2.75) is 19.9 Å². The van der Waals surface area contributed by atoms with E-state index in [9.17, 15) is 0 Å². The first-order valence-electron chi connectivity index (χ1n) is 5.96. The van der Waals surface area contributed by atoms with E-state index in [1.54, 1.807) is 6.07 Å². The van der Waals surface area contributed by atoms with Gasteiger partial charge in [0.1, 0.15) is 11.5 Å². The molecule has 1 heterocycles. The lowest BCUT2D eigenvalue weighted by Crippen LogP contribution is -2.12. The molecule has 0 unspecified atom stereocenters. The molecule has 2 aromatic rings. The second-order valence-electron chi connectivity index (χ2n) is 4.04. The zero-order chi connectivity index (χ0) is 13.0. The predicted molar refractivity (Wildman–Crippen MR) is 76.2 cm³/mol. The van der Waals surface area contributed by atoms with Crippen LogP contribution < -0.4 is 5.32 Å². The molecule has 1 aromatic carbocycles. The summed E-state index contributed by atoms with van der Waals surface area (Å²) < 4.78 is 5.75. The minimum Gasteiger partial charge on any atom is -0.460 e. The van der Waals surface area contributed by atoms with Crippen LogP contribution in [0.5, 0.6) is 0 Å². The molecule has 0 atom stereocenters. The van der Waals surface area contributed by atoms with Crippen molar-refractivity contribution in [2.24, 2.45) is 0 Å². The Kier molecular flexibility index (Phi) is 4.70. The van der Waals surface area contributed by atoms with Crippen LogP contribution >= 0.6 is 23.2 Å². The van der Waals surface area contributed by atoms with Crippen molar-refractivity contribution >= 4 is 23.2 Å². The monoisotopic (exact) mass is 283 g/mol. The SMILES string of the molecule is CCCNCc1ccc(-c2cccc(Cl)c2Cl)o1. The fraction of sp³-hybridized carbons (Fsp3) is 0.286. The smallest absolute Gasteiger partial charge is 0.135 e. The Labute approximate surface area is 117 Å². The molecular weight excluding hydrogens is 269 g/mol. The van der Waals surface area contributed by atoms with E-state index in [0.29, 0.717) is 10.0 Å². The van der Waals surface area contributed by atoms with Crippen LogP contribution in [0.1, 0.15) is 19.1 Å². The molecule has 4 heteroatoms. The summed E-state index contributed by atoms with van der Waals surface area (Å²) in [6.45, 7) is 3.84. The topological polar surface area (TPSA) is 25.2 Å². The third-order valence-corrected chi connectivity index (χ3v) is 3.42. The van der Waals surface area contributed by atoms with Crippen LogP contribution in [-0.4, -0.2) is 6.54 Å². The standard InChI is InChI=1S/C14H15Cl2NO/c1-2-8-17-9-10-6-7-13(18-10)11-4-3-5-12(15)14(11)16/h3-7,17H,2,8-9H2,1H3. The Morgan fingerprint density at radius 1 is 1.17 bits per heavy atom. The van der Waals surface area contributed by atoms with E-state index in [4.69, 9.17) is 27.6 Å². The maximum atomic E-state index is 6.16. The molecule has 2 nitrogen and oxygen atoms in total. The van der Waals surface area contributed by atoms with Gasteiger partial charge >= 0.3 is 0 Å². The van der Waals surface area contributed by atoms with Crippen molar-refractivity contribution in [2.75, 3.05) is 6.54 Å². The van der Waals surface area contributed by atoms with Crippen LogP contribution in [0.25, 0.3) is 11.3 Å². The lowest BCUT2D eigenvalue weighted by molar-refractivity contribution is 0.493. The van der Waals surface area contributed by atoms with Crippen LogP contribution in [0.15, 0.2) is 34.7 Å². The molecule has 0 radical (unpaired) electrons. The third-order valence-electron chi connectivity index (χ3n) is 2.60. The van der Waals surface area contributed by atoms with Gasteiger partial charge in [0, 0.05) is 5.56 Å². The summed E-state index contributed by atoms with van der Waals surface area (Å²) in [6.07, 6.45) is 1.10. The summed E-state index contributed by atoms with van der Waals surface area (Å²) >= 11 is 12.1. The van der Waals surface area contributed by atoms with Crippen LogP contribution in [0.3, 0.4) is 0 Å². The summed E-state index contributed by atoms with van der Waals surface area (Å²) in [7, 11) is 0. The van der Waals surface area contributed by atoms with E-state index in [0.717, 1.165) is 36.6 Å². The fourth-order valence-corrected chi connectivity index (χ4v) is 2.09. The highest BCUT2D eigenvalue weighted by atomic mass is 35.5. The number of furan rings is 1. The molecule has 1 N–H and O–H groups in total. The maximum absolute atomic E-state index is 6.16. The molecule has 0 spiro atoms. The van der Waals surface area contributed by atoms with E-state index in [1.165, 1.54) is 0 Å². The first-order valence-corrected chi connectivity index (χ1v) is 6.71. The highest BCUT2D eigenvalue weighted by molar-refractivity contribution is 6.43. The van der Waals surface area contributed by atoms with Gasteiger partial charge in [-0.3, -0.25) is 0 Å². The van der Waals surface area contributed by atoms with Crippen LogP contribution in [0, 0.1) is 0 Å². The molecule has 0 aliphatic heterocycles. The molecule has 0 aliphatic rings. The molecule has 0 bridgehead atoms. The zero-order valence-corrected chi connectivity index (χ0v) is 11.7. The Bertz CT molecular complexity index is 522. The summed E-state index contributed by atoms with van der Waals surface area (Å²) in [5.74, 6) is 1.64. The van der Waals surface area contributed by atoms with Gasteiger partial charge in [-0.1, -0.05) is 36.2 Å². The first-order chi connectivity index (χ1) is 8.72. The van der Waals surface area contributed by atoms with E-state index in [2.05, 4.69) is 12.2 Å². The first kappa shape index (κ1) is 13.5. The molecule has 18 heavy (non-hydrogen) atoms. The Morgan fingerprint density at radius 3 is 2.78 bits per heavy atom. The number of benzene rings is 1. The Hall–Kier alpha value is -0.960. The summed E-state index contributed by atoms with van der Waals surface area (Å²) in [4.78, 5) is 0. The average Bonchev–Trinajstić information content (AvgIpc) is 2.82. The zero-order valence-electron chi connectivity index (χ0n) is 10.2. The van der Waals surface area contributed by atoms with E-state index >= 15 is 0 Å². The van der Waals surface area contributed by atoms with Gasteiger partial charge < -0.3 is 9.73 Å². The van der Waals surface area contributed by atoms with Gasteiger partial charge in [0.05, 0.1) is 16.6 Å². The highest BCUT2D eigenvalue weighted by Crippen LogP contribution is 2.34. The molecule has 1 aromatic heterocycles. The van der Waals surface area contributed by atoms with Gasteiger partial charge in [-0.2, -0.15) is 0 Å². The van der Waals surface area contributed by atoms with Gasteiger partial charge in [-0.25, -0.2) is 0 Å². The van der Waals surface area contributed by atoms with Crippen molar-refractivity contribution in [1.29, 1.82) is 0 Å². The van der Waals surface area contributed by atoms with Crippen molar-refractivity contribution in [3.05, 3.63) is 46.1 Å². The lowest BCUT2D eigenvalue weighted by Gasteiger charge is -2.03. The van der Waals surface area contributed by atoms with Gasteiger partial charge in [-0.05, 0) is 37.2 Å². The Morgan fingerprint density at radius 2 is 2.00 bits per heavy atom. The molecule has 2 rings (SSSR count). The molecular formula is C14H15Cl2NO. The minimum absolute atomic E-state index is 0.529. The van der Waals surface area contributed by atoms with Crippen molar-refractivity contribution < 1.29 is 4.42 Å². The molecule has 0 fully saturated rings. The molecule has 0 saturated carbocycles. The number of nitrogens with one attached hydrogen (secondary N) is 1. The van der Waals surface area contributed by atoms with E-state index in [-0.39, 0.29) is 0 Å². The number of halogens is 2. The van der Waals surface area contributed by atoms with E-state index < -0.39 is 0 Å². The fourth-order valence-electron chi connectivity index (χ4n) is 1.70. The van der Waals surface area contributed by atoms with Crippen molar-refractivity contribution in [1.82, 2.24) is 5.32 Å². The normalized spacial score (nSPS) is 10.8. The van der Waals surface area contributed by atoms with Gasteiger partial charge in [0.15, 0.2) is 0 Å². The second-order valence-corrected chi connectivity index (χ2v) is 4.83. The highest BCUT2D eigenvalue weighted by Gasteiger charge is 2.10. The number of rotatable bonds is 5. The summed E-state index contributed by atoms with van der Waals surface area (Å²) in [5, 5.41) is 4.36. The summed E-state index contributed by atoms with van der Waals surface area (Å²) in [6, 6.07) is 9.40. The van der Waals surface area contributed by atoms with Crippen molar-refractivity contribution in [3.63, 3.8) is 0 Å². The lowest BCUT2D eigenvalue weighted by atomic mass is 10.2. The maximum Gasteiger partial charge on any atom is 0.135 e. The van der Waals surface area contributed by atoms with E-state index in [1.807, 2.05) is 24.3 Å². The molecule has 0 amide bonds. The summed E-state index contributed by atoms with van der Waals surface area (Å²) in [5.41, 5.74) is 0.825. The molecule has 96 valence electrons. The quantitative estimate of drug-likeness (QED) is 0.801. The average molecular weight is 284 g/mol. The van der Waals surface area contributed by atoms with Gasteiger partial charge in [-0.15, -0.1) is 0 Å². The predicted octanol–water partition coefficient (Wildman–Crippen LogP) is 4.75. The van der Waals surface area contributed by atoms with Crippen LogP contribution in [0.2, 0.25) is 10.0 Å². The number of hydrogen-bond donors (Lipinski definition) is 1.